The van der Waals surface area contributed by atoms with Crippen molar-refractivity contribution in [3.05, 3.63) is 53.6 Å². The van der Waals surface area contributed by atoms with E-state index in [-0.39, 0.29) is 6.10 Å². The number of rotatable bonds is 3. The van der Waals surface area contributed by atoms with Crippen molar-refractivity contribution in [2.75, 3.05) is 6.61 Å². The van der Waals surface area contributed by atoms with Crippen molar-refractivity contribution in [2.45, 2.75) is 19.4 Å². The molecule has 1 aromatic heterocycles. The summed E-state index contributed by atoms with van der Waals surface area (Å²) in [5, 5.41) is 0. The third kappa shape index (κ3) is 2.67. The first-order valence-electron chi connectivity index (χ1n) is 6.21. The van der Waals surface area contributed by atoms with Crippen molar-refractivity contribution in [3.8, 4) is 11.5 Å². The van der Waals surface area contributed by atoms with Crippen LogP contribution in [-0.2, 0) is 6.42 Å². The minimum Gasteiger partial charge on any atom is -0.488 e. The second-order valence-corrected chi connectivity index (χ2v) is 4.68. The van der Waals surface area contributed by atoms with Gasteiger partial charge in [-0.2, -0.15) is 4.39 Å². The number of hydrogen-bond acceptors (Lipinski definition) is 3. The molecule has 0 bridgehead atoms. The number of aryl methyl sites for hydroxylation is 1. The van der Waals surface area contributed by atoms with Gasteiger partial charge >= 0.3 is 0 Å². The lowest BCUT2D eigenvalue weighted by atomic mass is 10.1. The molecule has 0 fully saturated rings. The molecule has 2 heterocycles. The van der Waals surface area contributed by atoms with Crippen LogP contribution in [0, 0.1) is 12.9 Å². The summed E-state index contributed by atoms with van der Waals surface area (Å²) in [6, 6.07) is 9.00. The van der Waals surface area contributed by atoms with E-state index in [1.807, 2.05) is 12.1 Å². The molecule has 1 aromatic carbocycles. The summed E-state index contributed by atoms with van der Waals surface area (Å²) < 4.78 is 24.0. The number of nitrogens with zero attached hydrogens (tertiary/aromatic N) is 1. The summed E-state index contributed by atoms with van der Waals surface area (Å²) in [5.41, 5.74) is 2.44. The fourth-order valence-electron chi connectivity index (χ4n) is 2.18. The minimum absolute atomic E-state index is 0.00172. The Bertz CT molecular complexity index is 583. The monoisotopic (exact) mass is 259 g/mol. The molecule has 1 aliphatic heterocycles. The first-order chi connectivity index (χ1) is 9.20. The average Bonchev–Trinajstić information content (AvgIpc) is 2.80. The van der Waals surface area contributed by atoms with Crippen LogP contribution in [0.5, 0.6) is 11.5 Å². The van der Waals surface area contributed by atoms with E-state index >= 15 is 0 Å². The second kappa shape index (κ2) is 4.88. The first kappa shape index (κ1) is 12.0. The van der Waals surface area contributed by atoms with Gasteiger partial charge in [0, 0.05) is 6.42 Å². The van der Waals surface area contributed by atoms with Crippen molar-refractivity contribution in [2.24, 2.45) is 0 Å². The van der Waals surface area contributed by atoms with Gasteiger partial charge in [0.25, 0.3) is 0 Å². The van der Waals surface area contributed by atoms with Crippen LogP contribution in [0.3, 0.4) is 0 Å². The zero-order valence-electron chi connectivity index (χ0n) is 10.6. The molecule has 1 aliphatic rings. The Morgan fingerprint density at radius 1 is 1.37 bits per heavy atom. The molecular weight excluding hydrogens is 245 g/mol. The SMILES string of the molecule is Cc1ccc2c(c1)CC(COc1ccc(F)nc1)O2. The molecule has 0 saturated heterocycles. The zero-order chi connectivity index (χ0) is 13.2. The van der Waals surface area contributed by atoms with Crippen molar-refractivity contribution >= 4 is 0 Å². The van der Waals surface area contributed by atoms with Gasteiger partial charge in [-0.15, -0.1) is 0 Å². The highest BCUT2D eigenvalue weighted by Crippen LogP contribution is 2.29. The summed E-state index contributed by atoms with van der Waals surface area (Å²) >= 11 is 0. The Balaban J connectivity index is 1.60. The van der Waals surface area contributed by atoms with E-state index in [9.17, 15) is 4.39 Å². The summed E-state index contributed by atoms with van der Waals surface area (Å²) in [6.07, 6.45) is 2.22. The molecule has 3 nitrogen and oxygen atoms in total. The molecule has 1 unspecified atom stereocenters. The minimum atomic E-state index is -0.507. The van der Waals surface area contributed by atoms with Gasteiger partial charge in [-0.25, -0.2) is 4.98 Å². The van der Waals surface area contributed by atoms with Gasteiger partial charge < -0.3 is 9.47 Å². The number of benzene rings is 1. The van der Waals surface area contributed by atoms with Gasteiger partial charge in [-0.1, -0.05) is 17.7 Å². The molecule has 4 heteroatoms. The molecule has 98 valence electrons. The number of fused-ring (bicyclic) bond motifs is 1. The second-order valence-electron chi connectivity index (χ2n) is 4.68. The van der Waals surface area contributed by atoms with E-state index in [1.165, 1.54) is 23.4 Å². The van der Waals surface area contributed by atoms with E-state index in [0.29, 0.717) is 12.4 Å². The lowest BCUT2D eigenvalue weighted by Gasteiger charge is -2.11. The van der Waals surface area contributed by atoms with Crippen LogP contribution in [0.25, 0.3) is 0 Å². The van der Waals surface area contributed by atoms with Crippen LogP contribution >= 0.6 is 0 Å². The number of ether oxygens (including phenoxy) is 2. The standard InChI is InChI=1S/C15H14FNO2/c1-10-2-4-14-11(6-10)7-13(19-14)9-18-12-3-5-15(16)17-8-12/h2-6,8,13H,7,9H2,1H3. The van der Waals surface area contributed by atoms with Crippen molar-refractivity contribution < 1.29 is 13.9 Å². The van der Waals surface area contributed by atoms with Crippen LogP contribution in [0.4, 0.5) is 4.39 Å². The van der Waals surface area contributed by atoms with Crippen LogP contribution < -0.4 is 9.47 Å². The summed E-state index contributed by atoms with van der Waals surface area (Å²) in [7, 11) is 0. The third-order valence-corrected chi connectivity index (χ3v) is 3.09. The molecule has 0 aliphatic carbocycles. The van der Waals surface area contributed by atoms with Crippen LogP contribution in [-0.4, -0.2) is 17.7 Å². The highest BCUT2D eigenvalue weighted by atomic mass is 19.1. The highest BCUT2D eigenvalue weighted by molar-refractivity contribution is 5.40. The Kier molecular flexibility index (Phi) is 3.07. The highest BCUT2D eigenvalue weighted by Gasteiger charge is 2.23. The van der Waals surface area contributed by atoms with Gasteiger partial charge in [0.2, 0.25) is 5.95 Å². The van der Waals surface area contributed by atoms with Crippen LogP contribution in [0.15, 0.2) is 36.5 Å². The Morgan fingerprint density at radius 3 is 3.05 bits per heavy atom. The summed E-state index contributed by atoms with van der Waals surface area (Å²) in [5.74, 6) is 0.973. The molecule has 0 amide bonds. The van der Waals surface area contributed by atoms with Crippen molar-refractivity contribution in [3.63, 3.8) is 0 Å². The predicted molar refractivity (Wildman–Crippen MR) is 69.0 cm³/mol. The van der Waals surface area contributed by atoms with Crippen LogP contribution in [0.2, 0.25) is 0 Å². The Morgan fingerprint density at radius 2 is 2.26 bits per heavy atom. The van der Waals surface area contributed by atoms with E-state index < -0.39 is 5.95 Å². The normalized spacial score (nSPS) is 16.8. The van der Waals surface area contributed by atoms with Gasteiger partial charge in [0.1, 0.15) is 24.2 Å². The number of halogens is 1. The smallest absolute Gasteiger partial charge is 0.213 e. The average molecular weight is 259 g/mol. The maximum Gasteiger partial charge on any atom is 0.213 e. The Hall–Kier alpha value is -2.10. The molecule has 1 atom stereocenters. The summed E-state index contributed by atoms with van der Waals surface area (Å²) in [4.78, 5) is 3.54. The van der Waals surface area contributed by atoms with Crippen molar-refractivity contribution in [1.29, 1.82) is 0 Å². The van der Waals surface area contributed by atoms with E-state index in [1.54, 1.807) is 6.07 Å². The fraction of sp³-hybridized carbons (Fsp3) is 0.267. The maximum atomic E-state index is 12.7. The van der Waals surface area contributed by atoms with Gasteiger partial charge in [0.05, 0.1) is 6.20 Å². The molecule has 0 spiro atoms. The number of aromatic nitrogens is 1. The van der Waals surface area contributed by atoms with E-state index in [4.69, 9.17) is 9.47 Å². The van der Waals surface area contributed by atoms with Gasteiger partial charge in [-0.3, -0.25) is 0 Å². The lowest BCUT2D eigenvalue weighted by Crippen LogP contribution is -2.22. The zero-order valence-corrected chi connectivity index (χ0v) is 10.6. The molecule has 3 rings (SSSR count). The topological polar surface area (TPSA) is 31.4 Å². The molecule has 2 aromatic rings. The Labute approximate surface area is 111 Å². The molecular formula is C15H14FNO2. The quantitative estimate of drug-likeness (QED) is 0.794. The van der Waals surface area contributed by atoms with Gasteiger partial charge in [-0.05, 0) is 30.7 Å². The molecule has 19 heavy (non-hydrogen) atoms. The van der Waals surface area contributed by atoms with E-state index in [2.05, 4.69) is 18.0 Å². The molecule has 0 N–H and O–H groups in total. The first-order valence-corrected chi connectivity index (χ1v) is 6.21. The maximum absolute atomic E-state index is 12.7. The van der Waals surface area contributed by atoms with Crippen LogP contribution in [0.1, 0.15) is 11.1 Å². The van der Waals surface area contributed by atoms with Crippen molar-refractivity contribution in [1.82, 2.24) is 4.98 Å². The molecule has 0 radical (unpaired) electrons. The predicted octanol–water partition coefficient (Wildman–Crippen LogP) is 2.91. The number of hydrogen-bond donors (Lipinski definition) is 0. The molecule has 0 saturated carbocycles. The number of pyridine rings is 1. The third-order valence-electron chi connectivity index (χ3n) is 3.09. The van der Waals surface area contributed by atoms with Gasteiger partial charge in [0.15, 0.2) is 0 Å². The largest absolute Gasteiger partial charge is 0.488 e. The lowest BCUT2D eigenvalue weighted by molar-refractivity contribution is 0.148. The summed E-state index contributed by atoms with van der Waals surface area (Å²) in [6.45, 7) is 2.50. The van der Waals surface area contributed by atoms with E-state index in [0.717, 1.165) is 12.2 Å². The fourth-order valence-corrected chi connectivity index (χ4v) is 2.18.